The standard InChI is InChI=1S/C11H20N6O2/c1-7(11(18)17(2)3)13-8-5-9(16-12)15-10(14-8)6-19-4/h5,7H,6,12H2,1-4H3,(H2,13,14,15,16). The van der Waals surface area contributed by atoms with Gasteiger partial charge in [0.2, 0.25) is 5.91 Å². The highest BCUT2D eigenvalue weighted by Crippen LogP contribution is 2.12. The Balaban J connectivity index is 2.87. The molecular weight excluding hydrogens is 248 g/mol. The highest BCUT2D eigenvalue weighted by atomic mass is 16.5. The number of nitrogen functional groups attached to an aromatic ring is 1. The number of nitrogens with zero attached hydrogens (tertiary/aromatic N) is 3. The first-order chi connectivity index (χ1) is 8.97. The van der Waals surface area contributed by atoms with Crippen LogP contribution in [0, 0.1) is 0 Å². The highest BCUT2D eigenvalue weighted by molar-refractivity contribution is 5.83. The zero-order valence-corrected chi connectivity index (χ0v) is 11.6. The highest BCUT2D eigenvalue weighted by Gasteiger charge is 2.15. The van der Waals surface area contributed by atoms with Gasteiger partial charge in [-0.2, -0.15) is 0 Å². The Kier molecular flexibility index (Phi) is 5.46. The number of nitrogens with one attached hydrogen (secondary N) is 2. The van der Waals surface area contributed by atoms with Crippen molar-refractivity contribution in [1.29, 1.82) is 0 Å². The summed E-state index contributed by atoms with van der Waals surface area (Å²) in [6.45, 7) is 2.02. The first-order valence-electron chi connectivity index (χ1n) is 5.79. The third-order valence-corrected chi connectivity index (χ3v) is 2.37. The van der Waals surface area contributed by atoms with Gasteiger partial charge in [-0.15, -0.1) is 0 Å². The van der Waals surface area contributed by atoms with Crippen molar-refractivity contribution in [3.8, 4) is 0 Å². The summed E-state index contributed by atoms with van der Waals surface area (Å²) in [4.78, 5) is 21.6. The summed E-state index contributed by atoms with van der Waals surface area (Å²) in [5, 5.41) is 3.00. The van der Waals surface area contributed by atoms with Gasteiger partial charge in [-0.3, -0.25) is 4.79 Å². The van der Waals surface area contributed by atoms with E-state index in [4.69, 9.17) is 10.6 Å². The van der Waals surface area contributed by atoms with E-state index in [1.165, 1.54) is 4.90 Å². The summed E-state index contributed by atoms with van der Waals surface area (Å²) in [6.07, 6.45) is 0. The summed E-state index contributed by atoms with van der Waals surface area (Å²) >= 11 is 0. The number of carbonyl (C=O) groups excluding carboxylic acids is 1. The molecule has 0 spiro atoms. The lowest BCUT2D eigenvalue weighted by molar-refractivity contribution is -0.129. The maximum absolute atomic E-state index is 11.8. The van der Waals surface area contributed by atoms with Crippen LogP contribution in [0.4, 0.5) is 11.6 Å². The number of amides is 1. The van der Waals surface area contributed by atoms with Crippen molar-refractivity contribution < 1.29 is 9.53 Å². The maximum atomic E-state index is 11.8. The fourth-order valence-corrected chi connectivity index (χ4v) is 1.51. The molecule has 8 nitrogen and oxygen atoms in total. The van der Waals surface area contributed by atoms with Gasteiger partial charge in [0.15, 0.2) is 5.82 Å². The van der Waals surface area contributed by atoms with Gasteiger partial charge in [0, 0.05) is 27.3 Å². The Labute approximate surface area is 112 Å². The summed E-state index contributed by atoms with van der Waals surface area (Å²) in [7, 11) is 4.95. The van der Waals surface area contributed by atoms with Gasteiger partial charge < -0.3 is 20.4 Å². The second kappa shape index (κ2) is 6.86. The minimum absolute atomic E-state index is 0.0471. The summed E-state index contributed by atoms with van der Waals surface area (Å²) in [5.74, 6) is 6.73. The van der Waals surface area contributed by atoms with E-state index in [-0.39, 0.29) is 12.5 Å². The molecule has 0 fully saturated rings. The fraction of sp³-hybridized carbons (Fsp3) is 0.545. The van der Waals surface area contributed by atoms with Gasteiger partial charge in [0.25, 0.3) is 0 Å². The molecule has 1 unspecified atom stereocenters. The number of likely N-dealkylation sites (N-methyl/N-ethyl adjacent to an activating group) is 1. The Morgan fingerprint density at radius 3 is 2.63 bits per heavy atom. The van der Waals surface area contributed by atoms with Crippen molar-refractivity contribution >= 4 is 17.5 Å². The first kappa shape index (κ1) is 15.1. The van der Waals surface area contributed by atoms with E-state index in [0.29, 0.717) is 17.5 Å². The van der Waals surface area contributed by atoms with Gasteiger partial charge in [-0.05, 0) is 6.92 Å². The average molecular weight is 268 g/mol. The molecule has 1 amide bonds. The molecule has 4 N–H and O–H groups in total. The number of methoxy groups -OCH3 is 1. The Morgan fingerprint density at radius 1 is 1.47 bits per heavy atom. The van der Waals surface area contributed by atoms with E-state index >= 15 is 0 Å². The molecule has 1 heterocycles. The Hall–Kier alpha value is -1.93. The minimum atomic E-state index is -0.397. The van der Waals surface area contributed by atoms with Gasteiger partial charge in [-0.25, -0.2) is 15.8 Å². The van der Waals surface area contributed by atoms with E-state index in [9.17, 15) is 4.79 Å². The molecule has 8 heteroatoms. The monoisotopic (exact) mass is 268 g/mol. The molecular formula is C11H20N6O2. The Bertz CT molecular complexity index is 437. The number of aromatic nitrogens is 2. The number of hydrazine groups is 1. The third kappa shape index (κ3) is 4.34. The van der Waals surface area contributed by atoms with Crippen LogP contribution in [0.1, 0.15) is 12.7 Å². The Morgan fingerprint density at radius 2 is 2.11 bits per heavy atom. The molecule has 1 rings (SSSR count). The molecule has 0 radical (unpaired) electrons. The van der Waals surface area contributed by atoms with Crippen LogP contribution in [-0.4, -0.2) is 48.0 Å². The van der Waals surface area contributed by atoms with E-state index < -0.39 is 6.04 Å². The van der Waals surface area contributed by atoms with Gasteiger partial charge in [-0.1, -0.05) is 0 Å². The van der Waals surface area contributed by atoms with Crippen LogP contribution in [0.15, 0.2) is 6.07 Å². The van der Waals surface area contributed by atoms with Crippen LogP contribution in [0.3, 0.4) is 0 Å². The lowest BCUT2D eigenvalue weighted by atomic mass is 10.3. The topological polar surface area (TPSA) is 105 Å². The molecule has 0 aliphatic rings. The second-order valence-electron chi connectivity index (χ2n) is 4.23. The van der Waals surface area contributed by atoms with Crippen LogP contribution < -0.4 is 16.6 Å². The number of hydrogen-bond donors (Lipinski definition) is 3. The molecule has 0 saturated carbocycles. The van der Waals surface area contributed by atoms with Gasteiger partial charge >= 0.3 is 0 Å². The van der Waals surface area contributed by atoms with Crippen LogP contribution >= 0.6 is 0 Å². The number of carbonyl (C=O) groups is 1. The smallest absolute Gasteiger partial charge is 0.244 e. The summed E-state index contributed by atoms with van der Waals surface area (Å²) in [6, 6.07) is 1.23. The molecule has 0 aliphatic heterocycles. The predicted octanol–water partition coefficient (Wildman–Crippen LogP) is -0.203. The van der Waals surface area contributed by atoms with Gasteiger partial charge in [0.05, 0.1) is 0 Å². The quantitative estimate of drug-likeness (QED) is 0.484. The average Bonchev–Trinajstić information content (AvgIpc) is 2.37. The number of anilines is 2. The van der Waals surface area contributed by atoms with Gasteiger partial charge in [0.1, 0.15) is 24.3 Å². The van der Waals surface area contributed by atoms with E-state index in [1.807, 2.05) is 0 Å². The molecule has 1 atom stereocenters. The summed E-state index contributed by atoms with van der Waals surface area (Å²) < 4.78 is 4.98. The van der Waals surface area contributed by atoms with Crippen molar-refractivity contribution in [2.75, 3.05) is 31.9 Å². The van der Waals surface area contributed by atoms with E-state index in [2.05, 4.69) is 20.7 Å². The molecule has 0 saturated heterocycles. The van der Waals surface area contributed by atoms with E-state index in [0.717, 1.165) is 0 Å². The molecule has 1 aromatic rings. The SMILES string of the molecule is COCc1nc(NN)cc(NC(C)C(=O)N(C)C)n1. The molecule has 0 aliphatic carbocycles. The first-order valence-corrected chi connectivity index (χ1v) is 5.79. The van der Waals surface area contributed by atoms with Crippen molar-refractivity contribution in [2.24, 2.45) is 5.84 Å². The molecule has 106 valence electrons. The zero-order valence-electron chi connectivity index (χ0n) is 11.6. The van der Waals surface area contributed by atoms with Crippen molar-refractivity contribution in [1.82, 2.24) is 14.9 Å². The number of hydrogen-bond acceptors (Lipinski definition) is 7. The molecule has 1 aromatic heterocycles. The second-order valence-corrected chi connectivity index (χ2v) is 4.23. The number of rotatable bonds is 6. The lowest BCUT2D eigenvalue weighted by Gasteiger charge is -2.19. The largest absolute Gasteiger partial charge is 0.377 e. The maximum Gasteiger partial charge on any atom is 0.244 e. The summed E-state index contributed by atoms with van der Waals surface area (Å²) in [5.41, 5.74) is 2.45. The van der Waals surface area contributed by atoms with Crippen LogP contribution in [0.5, 0.6) is 0 Å². The third-order valence-electron chi connectivity index (χ3n) is 2.37. The predicted molar refractivity (Wildman–Crippen MR) is 72.3 cm³/mol. The minimum Gasteiger partial charge on any atom is -0.377 e. The van der Waals surface area contributed by atoms with Crippen LogP contribution in [0.2, 0.25) is 0 Å². The van der Waals surface area contributed by atoms with Crippen LogP contribution in [0.25, 0.3) is 0 Å². The normalized spacial score (nSPS) is 11.8. The van der Waals surface area contributed by atoms with Crippen molar-refractivity contribution in [3.05, 3.63) is 11.9 Å². The molecule has 0 aromatic carbocycles. The number of nitrogens with two attached hydrogens (primary N) is 1. The van der Waals surface area contributed by atoms with Crippen molar-refractivity contribution in [3.63, 3.8) is 0 Å². The zero-order chi connectivity index (χ0) is 14.4. The lowest BCUT2D eigenvalue weighted by Crippen LogP contribution is -2.37. The molecule has 19 heavy (non-hydrogen) atoms. The van der Waals surface area contributed by atoms with Crippen LogP contribution in [-0.2, 0) is 16.1 Å². The van der Waals surface area contributed by atoms with Crippen molar-refractivity contribution in [2.45, 2.75) is 19.6 Å². The number of ether oxygens (including phenoxy) is 1. The molecule has 0 bridgehead atoms. The van der Waals surface area contributed by atoms with E-state index in [1.54, 1.807) is 34.2 Å². The fourth-order valence-electron chi connectivity index (χ4n) is 1.51.